The summed E-state index contributed by atoms with van der Waals surface area (Å²) in [6.07, 6.45) is 0. The number of fused-ring (bicyclic) bond motifs is 1. The van der Waals surface area contributed by atoms with Gasteiger partial charge in [-0.3, -0.25) is 14.5 Å². The zero-order chi connectivity index (χ0) is 13.2. The molecule has 2 aromatic rings. The molecule has 0 atom stereocenters. The van der Waals surface area contributed by atoms with Crippen LogP contribution >= 0.6 is 11.8 Å². The highest BCUT2D eigenvalue weighted by Crippen LogP contribution is 2.24. The molecule has 0 aromatic heterocycles. The molecule has 2 aromatic carbocycles. The van der Waals surface area contributed by atoms with Crippen LogP contribution < -0.4 is 5.32 Å². The Morgan fingerprint density at radius 1 is 1.11 bits per heavy atom. The lowest BCUT2D eigenvalue weighted by atomic mass is 10.1. The van der Waals surface area contributed by atoms with Gasteiger partial charge in [0.25, 0.3) is 5.24 Å². The van der Waals surface area contributed by atoms with E-state index in [1.807, 2.05) is 42.5 Å². The first-order valence-electron chi connectivity index (χ1n) is 5.94. The number of nitrogens with one attached hydrogen (secondary N) is 1. The normalized spacial score (nSPS) is 15.3. The maximum Gasteiger partial charge on any atom is 0.290 e. The van der Waals surface area contributed by atoms with Crippen molar-refractivity contribution in [2.45, 2.75) is 0 Å². The average molecular weight is 272 g/mol. The van der Waals surface area contributed by atoms with Gasteiger partial charge in [0, 0.05) is 11.1 Å². The van der Waals surface area contributed by atoms with Crippen LogP contribution in [-0.2, 0) is 4.79 Å². The van der Waals surface area contributed by atoms with Gasteiger partial charge in [0.2, 0.25) is 5.91 Å². The summed E-state index contributed by atoms with van der Waals surface area (Å²) in [5, 5.41) is 5.18. The first-order chi connectivity index (χ1) is 9.25. The van der Waals surface area contributed by atoms with Crippen molar-refractivity contribution < 1.29 is 9.59 Å². The predicted octanol–water partition coefficient (Wildman–Crippen LogP) is 2.90. The molecule has 0 bridgehead atoms. The Balaban J connectivity index is 1.82. The molecule has 1 heterocycles. The summed E-state index contributed by atoms with van der Waals surface area (Å²) in [6, 6.07) is 13.9. The first kappa shape index (κ1) is 12.0. The number of anilines is 1. The largest absolute Gasteiger partial charge is 0.367 e. The highest BCUT2D eigenvalue weighted by atomic mass is 32.2. The molecule has 1 saturated heterocycles. The standard InChI is InChI=1S/C14H12N2O2S/c17-13-8-19-14(18)16(13)9-15-12-7-3-5-10-4-1-2-6-11(10)12/h1-7,15H,8-9H2. The van der Waals surface area contributed by atoms with Crippen molar-refractivity contribution in [3.05, 3.63) is 42.5 Å². The van der Waals surface area contributed by atoms with Gasteiger partial charge in [-0.15, -0.1) is 0 Å². The number of carbonyl (C=O) groups excluding carboxylic acids is 2. The van der Waals surface area contributed by atoms with Crippen molar-refractivity contribution in [2.75, 3.05) is 17.7 Å². The van der Waals surface area contributed by atoms with E-state index in [1.54, 1.807) is 0 Å². The van der Waals surface area contributed by atoms with Crippen molar-refractivity contribution >= 4 is 39.4 Å². The van der Waals surface area contributed by atoms with Gasteiger partial charge < -0.3 is 5.32 Å². The summed E-state index contributed by atoms with van der Waals surface area (Å²) in [5.74, 6) is 0.110. The van der Waals surface area contributed by atoms with E-state index in [2.05, 4.69) is 5.32 Å². The molecular formula is C14H12N2O2S. The molecular weight excluding hydrogens is 260 g/mol. The van der Waals surface area contributed by atoms with Crippen LogP contribution in [0.4, 0.5) is 10.5 Å². The maximum absolute atomic E-state index is 11.5. The number of hydrogen-bond acceptors (Lipinski definition) is 4. The molecule has 1 N–H and O–H groups in total. The molecule has 96 valence electrons. The molecule has 0 unspecified atom stereocenters. The topological polar surface area (TPSA) is 49.4 Å². The van der Waals surface area contributed by atoms with E-state index < -0.39 is 0 Å². The van der Waals surface area contributed by atoms with E-state index in [9.17, 15) is 9.59 Å². The predicted molar refractivity (Wildman–Crippen MR) is 77.1 cm³/mol. The summed E-state index contributed by atoms with van der Waals surface area (Å²) in [6.45, 7) is 0.221. The van der Waals surface area contributed by atoms with Crippen LogP contribution in [0.2, 0.25) is 0 Å². The highest BCUT2D eigenvalue weighted by Gasteiger charge is 2.29. The number of thioether (sulfide) groups is 1. The van der Waals surface area contributed by atoms with Gasteiger partial charge in [-0.2, -0.15) is 0 Å². The minimum Gasteiger partial charge on any atom is -0.367 e. The second kappa shape index (κ2) is 4.93. The van der Waals surface area contributed by atoms with Gasteiger partial charge in [0.1, 0.15) is 0 Å². The minimum atomic E-state index is -0.183. The molecule has 0 spiro atoms. The molecule has 1 fully saturated rings. The van der Waals surface area contributed by atoms with Gasteiger partial charge in [-0.1, -0.05) is 48.2 Å². The number of imide groups is 1. The van der Waals surface area contributed by atoms with Gasteiger partial charge in [0.05, 0.1) is 12.4 Å². The maximum atomic E-state index is 11.5. The molecule has 1 aliphatic rings. The minimum absolute atomic E-state index is 0.136. The van der Waals surface area contributed by atoms with E-state index in [-0.39, 0.29) is 23.6 Å². The van der Waals surface area contributed by atoms with E-state index in [4.69, 9.17) is 0 Å². The third kappa shape index (κ3) is 2.29. The zero-order valence-electron chi connectivity index (χ0n) is 10.1. The van der Waals surface area contributed by atoms with Crippen molar-refractivity contribution in [3.8, 4) is 0 Å². The van der Waals surface area contributed by atoms with E-state index in [0.29, 0.717) is 0 Å². The van der Waals surface area contributed by atoms with Crippen LogP contribution in [-0.4, -0.2) is 28.5 Å². The van der Waals surface area contributed by atoms with E-state index >= 15 is 0 Å². The zero-order valence-corrected chi connectivity index (χ0v) is 10.9. The second-order valence-corrected chi connectivity index (χ2v) is 5.16. The van der Waals surface area contributed by atoms with Gasteiger partial charge in [-0.25, -0.2) is 0 Å². The number of nitrogens with zero attached hydrogens (tertiary/aromatic N) is 1. The third-order valence-electron chi connectivity index (χ3n) is 3.06. The van der Waals surface area contributed by atoms with Crippen LogP contribution in [0.15, 0.2) is 42.5 Å². The SMILES string of the molecule is O=C1CSC(=O)N1CNc1cccc2ccccc12. The highest BCUT2D eigenvalue weighted by molar-refractivity contribution is 8.14. The smallest absolute Gasteiger partial charge is 0.290 e. The number of amides is 2. The van der Waals surface area contributed by atoms with Crippen LogP contribution in [0.3, 0.4) is 0 Å². The fraction of sp³-hybridized carbons (Fsp3) is 0.143. The quantitative estimate of drug-likeness (QED) is 0.933. The van der Waals surface area contributed by atoms with Crippen LogP contribution in [0.1, 0.15) is 0 Å². The fourth-order valence-corrected chi connectivity index (χ4v) is 2.80. The van der Waals surface area contributed by atoms with Crippen LogP contribution in [0.5, 0.6) is 0 Å². The lowest BCUT2D eigenvalue weighted by molar-refractivity contribution is -0.124. The molecule has 0 saturated carbocycles. The van der Waals surface area contributed by atoms with Crippen molar-refractivity contribution in [2.24, 2.45) is 0 Å². The summed E-state index contributed by atoms with van der Waals surface area (Å²) in [4.78, 5) is 24.3. The monoisotopic (exact) mass is 272 g/mol. The number of rotatable bonds is 3. The Labute approximate surface area is 114 Å². The Morgan fingerprint density at radius 3 is 2.68 bits per heavy atom. The molecule has 0 radical (unpaired) electrons. The fourth-order valence-electron chi connectivity index (χ4n) is 2.08. The van der Waals surface area contributed by atoms with Gasteiger partial charge in [0.15, 0.2) is 0 Å². The molecule has 19 heavy (non-hydrogen) atoms. The molecule has 2 amide bonds. The van der Waals surface area contributed by atoms with E-state index in [0.717, 1.165) is 28.2 Å². The first-order valence-corrected chi connectivity index (χ1v) is 6.93. The Bertz CT molecular complexity index is 635. The number of hydrogen-bond donors (Lipinski definition) is 1. The van der Waals surface area contributed by atoms with Crippen LogP contribution in [0.25, 0.3) is 10.8 Å². The number of carbonyl (C=O) groups is 2. The summed E-state index contributed by atoms with van der Waals surface area (Å²) >= 11 is 1.05. The Morgan fingerprint density at radius 2 is 1.89 bits per heavy atom. The molecule has 3 rings (SSSR count). The molecule has 4 nitrogen and oxygen atoms in total. The number of benzene rings is 2. The van der Waals surface area contributed by atoms with Gasteiger partial charge >= 0.3 is 0 Å². The second-order valence-electron chi connectivity index (χ2n) is 4.24. The summed E-state index contributed by atoms with van der Waals surface area (Å²) in [5.41, 5.74) is 0.926. The Hall–Kier alpha value is -2.01. The Kier molecular flexibility index (Phi) is 3.13. The average Bonchev–Trinajstić information content (AvgIpc) is 2.76. The van der Waals surface area contributed by atoms with E-state index in [1.165, 1.54) is 4.90 Å². The lowest BCUT2D eigenvalue weighted by Crippen LogP contribution is -2.33. The molecule has 1 aliphatic heterocycles. The van der Waals surface area contributed by atoms with Crippen molar-refractivity contribution in [3.63, 3.8) is 0 Å². The van der Waals surface area contributed by atoms with Crippen LogP contribution in [0, 0.1) is 0 Å². The molecule has 5 heteroatoms. The summed E-state index contributed by atoms with van der Waals surface area (Å²) < 4.78 is 0. The van der Waals surface area contributed by atoms with Crippen molar-refractivity contribution in [1.29, 1.82) is 0 Å². The van der Waals surface area contributed by atoms with Crippen molar-refractivity contribution in [1.82, 2.24) is 4.90 Å². The third-order valence-corrected chi connectivity index (χ3v) is 3.92. The summed E-state index contributed by atoms with van der Waals surface area (Å²) in [7, 11) is 0. The van der Waals surface area contributed by atoms with Gasteiger partial charge in [-0.05, 0) is 11.5 Å². The lowest BCUT2D eigenvalue weighted by Gasteiger charge is -2.16. The molecule has 0 aliphatic carbocycles.